The predicted octanol–water partition coefficient (Wildman–Crippen LogP) is 2.51. The molecule has 0 unspecified atom stereocenters. The van der Waals surface area contributed by atoms with E-state index in [2.05, 4.69) is 0 Å². The lowest BCUT2D eigenvalue weighted by Crippen LogP contribution is -2.28. The molecule has 2 atom stereocenters. The highest BCUT2D eigenvalue weighted by molar-refractivity contribution is 5.90. The summed E-state index contributed by atoms with van der Waals surface area (Å²) < 4.78 is 16.0. The lowest BCUT2D eigenvalue weighted by Gasteiger charge is -2.22. The Kier molecular flexibility index (Phi) is 4.78. The smallest absolute Gasteiger partial charge is 0.338 e. The van der Waals surface area contributed by atoms with Crippen molar-refractivity contribution in [1.82, 2.24) is 0 Å². The fourth-order valence-electron chi connectivity index (χ4n) is 3.30. The van der Waals surface area contributed by atoms with Crippen LogP contribution in [0.15, 0.2) is 0 Å². The van der Waals surface area contributed by atoms with Crippen LogP contribution >= 0.6 is 0 Å². The molecule has 0 aromatic rings. The minimum Gasteiger partial charge on any atom is -0.460 e. The van der Waals surface area contributed by atoms with Gasteiger partial charge in [-0.2, -0.15) is 0 Å². The molecule has 3 aliphatic rings. The maximum absolute atomic E-state index is 11.9. The molecule has 2 aliphatic carbocycles. The van der Waals surface area contributed by atoms with Crippen LogP contribution in [-0.2, 0) is 23.8 Å². The van der Waals surface area contributed by atoms with E-state index in [0.29, 0.717) is 0 Å². The van der Waals surface area contributed by atoms with Gasteiger partial charge in [0.05, 0.1) is 0 Å². The van der Waals surface area contributed by atoms with Gasteiger partial charge in [-0.15, -0.1) is 0 Å². The molecule has 0 aromatic heterocycles. The van der Waals surface area contributed by atoms with Gasteiger partial charge in [0.2, 0.25) is 0 Å². The number of hydrogen-bond donors (Lipinski definition) is 0. The molecule has 1 aliphatic heterocycles. The van der Waals surface area contributed by atoms with Gasteiger partial charge in [-0.25, -0.2) is 9.59 Å². The Morgan fingerprint density at radius 1 is 0.667 bits per heavy atom. The minimum atomic E-state index is -0.733. The van der Waals surface area contributed by atoms with Crippen molar-refractivity contribution in [3.63, 3.8) is 0 Å². The zero-order valence-corrected chi connectivity index (χ0v) is 12.4. The predicted molar refractivity (Wildman–Crippen MR) is 74.6 cm³/mol. The number of carbonyl (C=O) groups is 2. The third-order valence-electron chi connectivity index (χ3n) is 4.63. The Morgan fingerprint density at radius 3 is 1.43 bits per heavy atom. The number of esters is 2. The van der Waals surface area contributed by atoms with E-state index in [-0.39, 0.29) is 12.2 Å². The van der Waals surface area contributed by atoms with Crippen LogP contribution in [0.25, 0.3) is 0 Å². The lowest BCUT2D eigenvalue weighted by atomic mass is 9.98. The molecule has 0 amide bonds. The van der Waals surface area contributed by atoms with E-state index < -0.39 is 24.1 Å². The Morgan fingerprint density at radius 2 is 1.05 bits per heavy atom. The van der Waals surface area contributed by atoms with Gasteiger partial charge < -0.3 is 14.2 Å². The fraction of sp³-hybridized carbons (Fsp3) is 0.875. The summed E-state index contributed by atoms with van der Waals surface area (Å²) in [7, 11) is 0. The molecule has 118 valence electrons. The van der Waals surface area contributed by atoms with E-state index in [1.54, 1.807) is 0 Å². The van der Waals surface area contributed by atoms with Gasteiger partial charge in [0.1, 0.15) is 12.2 Å². The molecule has 21 heavy (non-hydrogen) atoms. The van der Waals surface area contributed by atoms with Crippen LogP contribution in [0.4, 0.5) is 0 Å². The zero-order chi connectivity index (χ0) is 14.7. The highest BCUT2D eigenvalue weighted by atomic mass is 16.7. The molecule has 1 saturated heterocycles. The molecule has 1 heterocycles. The number of hydrogen-bond acceptors (Lipinski definition) is 5. The standard InChI is InChI=1S/C16H24O5/c17-15(19-11-7-3-1-4-8-11)13-14(21-13)16(18)20-12-9-5-2-6-10-12/h11-14H,1-10H2/t13-,14-/m1/s1. The van der Waals surface area contributed by atoms with Crippen LogP contribution in [0.2, 0.25) is 0 Å². The van der Waals surface area contributed by atoms with E-state index in [9.17, 15) is 9.59 Å². The van der Waals surface area contributed by atoms with Crippen LogP contribution < -0.4 is 0 Å². The molecule has 0 bridgehead atoms. The molecule has 2 saturated carbocycles. The average molecular weight is 296 g/mol. The summed E-state index contributed by atoms with van der Waals surface area (Å²) in [6.45, 7) is 0. The first-order valence-corrected chi connectivity index (χ1v) is 8.30. The Bertz CT molecular complexity index is 346. The number of epoxide rings is 1. The summed E-state index contributed by atoms with van der Waals surface area (Å²) in [5.41, 5.74) is 0. The number of ether oxygens (including phenoxy) is 3. The first-order valence-electron chi connectivity index (χ1n) is 8.30. The molecular weight excluding hydrogens is 272 g/mol. The lowest BCUT2D eigenvalue weighted by molar-refractivity contribution is -0.154. The highest BCUT2D eigenvalue weighted by Crippen LogP contribution is 2.29. The molecule has 3 fully saturated rings. The average Bonchev–Trinajstić information content (AvgIpc) is 3.30. The van der Waals surface area contributed by atoms with Crippen molar-refractivity contribution in [1.29, 1.82) is 0 Å². The molecule has 0 spiro atoms. The maximum Gasteiger partial charge on any atom is 0.338 e. The largest absolute Gasteiger partial charge is 0.460 e. The summed E-state index contributed by atoms with van der Waals surface area (Å²) >= 11 is 0. The van der Waals surface area contributed by atoms with Gasteiger partial charge in [0.25, 0.3) is 0 Å². The number of carbonyl (C=O) groups excluding carboxylic acids is 2. The summed E-state index contributed by atoms with van der Waals surface area (Å²) in [6.07, 6.45) is 9.10. The normalized spacial score (nSPS) is 30.7. The third-order valence-corrected chi connectivity index (χ3v) is 4.63. The van der Waals surface area contributed by atoms with Crippen LogP contribution in [0.1, 0.15) is 64.2 Å². The van der Waals surface area contributed by atoms with Crippen LogP contribution in [0, 0.1) is 0 Å². The van der Waals surface area contributed by atoms with Crippen molar-refractivity contribution in [3.05, 3.63) is 0 Å². The van der Waals surface area contributed by atoms with E-state index in [1.807, 2.05) is 0 Å². The second-order valence-corrected chi connectivity index (χ2v) is 6.37. The van der Waals surface area contributed by atoms with E-state index in [1.165, 1.54) is 12.8 Å². The van der Waals surface area contributed by atoms with Gasteiger partial charge in [-0.3, -0.25) is 0 Å². The van der Waals surface area contributed by atoms with Gasteiger partial charge in [-0.1, -0.05) is 12.8 Å². The Labute approximate surface area is 125 Å². The first kappa shape index (κ1) is 14.8. The molecule has 5 heteroatoms. The third kappa shape index (κ3) is 3.96. The quantitative estimate of drug-likeness (QED) is 0.589. The zero-order valence-electron chi connectivity index (χ0n) is 12.4. The van der Waals surface area contributed by atoms with Gasteiger partial charge in [0, 0.05) is 0 Å². The number of rotatable bonds is 4. The SMILES string of the molecule is O=C(OC1CCCCC1)[C@@H]1O[C@H]1C(=O)OC1CCCCC1. The topological polar surface area (TPSA) is 65.1 Å². The van der Waals surface area contributed by atoms with Crippen molar-refractivity contribution in [2.45, 2.75) is 88.6 Å². The van der Waals surface area contributed by atoms with Crippen molar-refractivity contribution in [3.8, 4) is 0 Å². The van der Waals surface area contributed by atoms with Crippen LogP contribution in [0.3, 0.4) is 0 Å². The van der Waals surface area contributed by atoms with Crippen molar-refractivity contribution < 1.29 is 23.8 Å². The highest BCUT2D eigenvalue weighted by Gasteiger charge is 2.53. The van der Waals surface area contributed by atoms with Crippen molar-refractivity contribution in [2.24, 2.45) is 0 Å². The second-order valence-electron chi connectivity index (χ2n) is 6.37. The van der Waals surface area contributed by atoms with Gasteiger partial charge in [0.15, 0.2) is 12.2 Å². The van der Waals surface area contributed by atoms with E-state index in [0.717, 1.165) is 51.4 Å². The van der Waals surface area contributed by atoms with Crippen LogP contribution in [0.5, 0.6) is 0 Å². The summed E-state index contributed by atoms with van der Waals surface area (Å²) in [5.74, 6) is -0.792. The monoisotopic (exact) mass is 296 g/mol. The Balaban J connectivity index is 1.40. The molecule has 5 nitrogen and oxygen atoms in total. The fourth-order valence-corrected chi connectivity index (χ4v) is 3.30. The molecular formula is C16H24O5. The summed E-state index contributed by atoms with van der Waals surface area (Å²) in [4.78, 5) is 23.9. The van der Waals surface area contributed by atoms with Gasteiger partial charge >= 0.3 is 11.9 Å². The van der Waals surface area contributed by atoms with E-state index >= 15 is 0 Å². The second kappa shape index (κ2) is 6.77. The van der Waals surface area contributed by atoms with Gasteiger partial charge in [-0.05, 0) is 51.4 Å². The van der Waals surface area contributed by atoms with E-state index in [4.69, 9.17) is 14.2 Å². The summed E-state index contributed by atoms with van der Waals surface area (Å²) in [6, 6.07) is 0. The first-order chi connectivity index (χ1) is 10.2. The van der Waals surface area contributed by atoms with Crippen molar-refractivity contribution in [2.75, 3.05) is 0 Å². The Hall–Kier alpha value is -1.10. The van der Waals surface area contributed by atoms with Crippen LogP contribution in [-0.4, -0.2) is 36.4 Å². The summed E-state index contributed by atoms with van der Waals surface area (Å²) in [5, 5.41) is 0. The molecule has 0 aromatic carbocycles. The maximum atomic E-state index is 11.9. The minimum absolute atomic E-state index is 0.00506. The van der Waals surface area contributed by atoms with Crippen molar-refractivity contribution >= 4 is 11.9 Å². The molecule has 0 radical (unpaired) electrons. The molecule has 0 N–H and O–H groups in total. The molecule has 3 rings (SSSR count).